The molecule has 0 unspecified atom stereocenters. The molecule has 21 heavy (non-hydrogen) atoms. The van der Waals surface area contributed by atoms with E-state index in [0.29, 0.717) is 18.8 Å². The van der Waals surface area contributed by atoms with Gasteiger partial charge in [0.2, 0.25) is 0 Å². The van der Waals surface area contributed by atoms with Crippen LogP contribution in [0.3, 0.4) is 0 Å². The van der Waals surface area contributed by atoms with E-state index in [1.165, 1.54) is 11.6 Å². The average Bonchev–Trinajstić information content (AvgIpc) is 2.48. The Hall–Kier alpha value is -1.37. The van der Waals surface area contributed by atoms with E-state index in [2.05, 4.69) is 11.6 Å². The van der Waals surface area contributed by atoms with Gasteiger partial charge in [-0.15, -0.1) is 0 Å². The molecular weight excluding hydrogens is 288 g/mol. The number of nitrogen functional groups attached to an aromatic ring is 1. The van der Waals surface area contributed by atoms with E-state index in [9.17, 15) is 9.59 Å². The van der Waals surface area contributed by atoms with E-state index < -0.39 is 0 Å². The lowest BCUT2D eigenvalue weighted by molar-refractivity contribution is 0.575. The zero-order valence-electron chi connectivity index (χ0n) is 13.1. The highest BCUT2D eigenvalue weighted by Gasteiger charge is 2.14. The topological polar surface area (TPSA) is 82.0 Å². The van der Waals surface area contributed by atoms with Crippen LogP contribution in [0.1, 0.15) is 32.6 Å². The molecule has 0 aromatic carbocycles. The number of nitrogens with two attached hydrogens (primary N) is 1. The molecule has 0 saturated heterocycles. The highest BCUT2D eigenvalue weighted by molar-refractivity contribution is 7.98. The van der Waals surface area contributed by atoms with Crippen LogP contribution >= 0.6 is 11.8 Å². The normalized spacial score (nSPS) is 10.8. The summed E-state index contributed by atoms with van der Waals surface area (Å²) in [5, 5.41) is 3.10. The monoisotopic (exact) mass is 314 g/mol. The van der Waals surface area contributed by atoms with Gasteiger partial charge in [0.05, 0.1) is 0 Å². The van der Waals surface area contributed by atoms with Crippen LogP contribution in [0.2, 0.25) is 0 Å². The van der Waals surface area contributed by atoms with E-state index in [4.69, 9.17) is 5.73 Å². The smallest absolute Gasteiger partial charge is 0.332 e. The summed E-state index contributed by atoms with van der Waals surface area (Å²) in [4.78, 5) is 24.3. The molecule has 0 saturated carbocycles. The molecule has 0 spiro atoms. The minimum atomic E-state index is -0.352. The lowest BCUT2D eigenvalue weighted by Crippen LogP contribution is -2.40. The zero-order valence-corrected chi connectivity index (χ0v) is 14.0. The second-order valence-electron chi connectivity index (χ2n) is 5.04. The maximum atomic E-state index is 12.2. The van der Waals surface area contributed by atoms with E-state index in [1.807, 2.05) is 6.92 Å². The van der Waals surface area contributed by atoms with Gasteiger partial charge in [0, 0.05) is 20.1 Å². The molecule has 7 heteroatoms. The number of nitrogens with zero attached hydrogens (tertiary/aromatic N) is 2. The Morgan fingerprint density at radius 3 is 2.57 bits per heavy atom. The number of hydrogen-bond acceptors (Lipinski definition) is 5. The van der Waals surface area contributed by atoms with Crippen molar-refractivity contribution in [3.8, 4) is 0 Å². The Balaban J connectivity index is 2.94. The quantitative estimate of drug-likeness (QED) is 0.675. The molecular formula is C14H26N4O2S. The maximum Gasteiger partial charge on any atom is 0.332 e. The van der Waals surface area contributed by atoms with Crippen molar-refractivity contribution in [2.75, 3.05) is 29.6 Å². The molecule has 120 valence electrons. The molecule has 0 aliphatic heterocycles. The van der Waals surface area contributed by atoms with Gasteiger partial charge in [0.15, 0.2) is 0 Å². The second-order valence-corrected chi connectivity index (χ2v) is 6.02. The molecule has 1 aromatic heterocycles. The number of unbranched alkanes of at least 4 members (excludes halogenated alkanes) is 2. The van der Waals surface area contributed by atoms with Crippen LogP contribution in [0.4, 0.5) is 11.5 Å². The van der Waals surface area contributed by atoms with E-state index in [0.717, 1.165) is 36.0 Å². The van der Waals surface area contributed by atoms with Crippen molar-refractivity contribution in [2.24, 2.45) is 7.05 Å². The first-order valence-corrected chi connectivity index (χ1v) is 8.76. The second kappa shape index (κ2) is 8.81. The van der Waals surface area contributed by atoms with Crippen molar-refractivity contribution < 1.29 is 0 Å². The summed E-state index contributed by atoms with van der Waals surface area (Å²) in [5.41, 5.74) is 5.66. The number of rotatable bonds is 9. The fourth-order valence-electron chi connectivity index (χ4n) is 2.07. The molecule has 0 amide bonds. The van der Waals surface area contributed by atoms with Crippen LogP contribution in [0.25, 0.3) is 0 Å². The summed E-state index contributed by atoms with van der Waals surface area (Å²) in [5.74, 6) is 1.35. The molecule has 3 N–H and O–H groups in total. The molecule has 0 aliphatic carbocycles. The summed E-state index contributed by atoms with van der Waals surface area (Å²) in [7, 11) is 1.49. The van der Waals surface area contributed by atoms with Crippen LogP contribution in [0, 0.1) is 0 Å². The lowest BCUT2D eigenvalue weighted by Gasteiger charge is -2.15. The zero-order chi connectivity index (χ0) is 15.8. The van der Waals surface area contributed by atoms with Gasteiger partial charge in [-0.05, 0) is 31.3 Å². The van der Waals surface area contributed by atoms with Crippen molar-refractivity contribution in [3.63, 3.8) is 0 Å². The summed E-state index contributed by atoms with van der Waals surface area (Å²) >= 11 is 1.81. The van der Waals surface area contributed by atoms with Crippen molar-refractivity contribution in [3.05, 3.63) is 20.8 Å². The first-order chi connectivity index (χ1) is 10.0. The third-order valence-corrected chi connectivity index (χ3v) is 4.09. The fraction of sp³-hybridized carbons (Fsp3) is 0.714. The van der Waals surface area contributed by atoms with Gasteiger partial charge in [0.25, 0.3) is 5.56 Å². The van der Waals surface area contributed by atoms with Gasteiger partial charge >= 0.3 is 5.69 Å². The van der Waals surface area contributed by atoms with Gasteiger partial charge in [0.1, 0.15) is 11.5 Å². The Kier molecular flexibility index (Phi) is 7.42. The average molecular weight is 314 g/mol. The van der Waals surface area contributed by atoms with Crippen molar-refractivity contribution in [1.82, 2.24) is 9.13 Å². The molecule has 6 nitrogen and oxygen atoms in total. The molecule has 0 aliphatic rings. The minimum Gasteiger partial charge on any atom is -0.383 e. The SMILES string of the molecule is CCCCn1c(N)c(NCCCCSC)c(=O)n(C)c1=O. The van der Waals surface area contributed by atoms with Crippen molar-refractivity contribution in [1.29, 1.82) is 0 Å². The van der Waals surface area contributed by atoms with Crippen LogP contribution < -0.4 is 22.3 Å². The highest BCUT2D eigenvalue weighted by Crippen LogP contribution is 2.12. The predicted molar refractivity (Wildman–Crippen MR) is 91.4 cm³/mol. The van der Waals surface area contributed by atoms with E-state index in [1.54, 1.807) is 11.8 Å². The summed E-state index contributed by atoms with van der Waals surface area (Å²) in [6.07, 6.45) is 5.95. The summed E-state index contributed by atoms with van der Waals surface area (Å²) in [6.45, 7) is 3.27. The highest BCUT2D eigenvalue weighted by atomic mass is 32.2. The largest absolute Gasteiger partial charge is 0.383 e. The van der Waals surface area contributed by atoms with Crippen LogP contribution in [-0.4, -0.2) is 27.7 Å². The molecule has 0 fully saturated rings. The molecule has 1 heterocycles. The first-order valence-electron chi connectivity index (χ1n) is 7.36. The standard InChI is InChI=1S/C14H26N4O2S/c1-4-5-9-18-12(15)11(13(19)17(2)14(18)20)16-8-6-7-10-21-3/h16H,4-10,15H2,1-3H3. The van der Waals surface area contributed by atoms with E-state index in [-0.39, 0.29) is 17.1 Å². The van der Waals surface area contributed by atoms with Crippen LogP contribution in [-0.2, 0) is 13.6 Å². The summed E-state index contributed by atoms with van der Waals surface area (Å²) < 4.78 is 2.60. The molecule has 1 rings (SSSR count). The Morgan fingerprint density at radius 2 is 1.95 bits per heavy atom. The first kappa shape index (κ1) is 17.7. The number of thioether (sulfide) groups is 1. The van der Waals surface area contributed by atoms with Crippen molar-refractivity contribution in [2.45, 2.75) is 39.2 Å². The van der Waals surface area contributed by atoms with E-state index >= 15 is 0 Å². The minimum absolute atomic E-state index is 0.251. The lowest BCUT2D eigenvalue weighted by atomic mass is 10.3. The van der Waals surface area contributed by atoms with Gasteiger partial charge < -0.3 is 11.1 Å². The molecule has 1 aromatic rings. The number of hydrogen-bond donors (Lipinski definition) is 2. The predicted octanol–water partition coefficient (Wildman–Crippen LogP) is 1.48. The van der Waals surface area contributed by atoms with Gasteiger partial charge in [-0.2, -0.15) is 11.8 Å². The Morgan fingerprint density at radius 1 is 1.24 bits per heavy atom. The third kappa shape index (κ3) is 4.56. The molecule has 0 radical (unpaired) electrons. The van der Waals surface area contributed by atoms with Gasteiger partial charge in [-0.3, -0.25) is 13.9 Å². The number of anilines is 2. The number of aromatic nitrogens is 2. The fourth-order valence-corrected chi connectivity index (χ4v) is 2.56. The third-order valence-electron chi connectivity index (χ3n) is 3.40. The Bertz CT molecular complexity index is 565. The maximum absolute atomic E-state index is 12.2. The number of nitrogens with one attached hydrogen (secondary N) is 1. The Labute approximate surface area is 129 Å². The summed E-state index contributed by atoms with van der Waals surface area (Å²) in [6, 6.07) is 0. The molecule has 0 atom stereocenters. The van der Waals surface area contributed by atoms with Gasteiger partial charge in [-0.25, -0.2) is 4.79 Å². The van der Waals surface area contributed by atoms with Crippen LogP contribution in [0.5, 0.6) is 0 Å². The van der Waals surface area contributed by atoms with Crippen LogP contribution in [0.15, 0.2) is 9.59 Å². The van der Waals surface area contributed by atoms with Gasteiger partial charge in [-0.1, -0.05) is 13.3 Å². The van der Waals surface area contributed by atoms with Crippen molar-refractivity contribution >= 4 is 23.3 Å². The molecule has 0 bridgehead atoms.